The minimum atomic E-state index is -1.72. The van der Waals surface area contributed by atoms with Gasteiger partial charge in [0.1, 0.15) is 60.0 Å². The fourth-order valence-electron chi connectivity index (χ4n) is 11.3. The van der Waals surface area contributed by atoms with Crippen LogP contribution in [0.1, 0.15) is 102 Å². The second-order valence-corrected chi connectivity index (χ2v) is 21.2. The van der Waals surface area contributed by atoms with E-state index in [0.717, 1.165) is 6.92 Å². The van der Waals surface area contributed by atoms with Gasteiger partial charge in [-0.05, 0) is 84.9 Å². The minimum absolute atomic E-state index is 0.0155. The molecule has 23 nitrogen and oxygen atoms in total. The first kappa shape index (κ1) is 56.9. The number of fused-ring (bicyclic) bond motifs is 2. The smallest absolute Gasteiger partial charge is 0.202 e. The van der Waals surface area contributed by atoms with E-state index in [4.69, 9.17) is 52.1 Å². The van der Waals surface area contributed by atoms with E-state index >= 15 is 0 Å². The maximum atomic E-state index is 14.9. The lowest BCUT2D eigenvalue weighted by Crippen LogP contribution is -2.58. The molecular formula is C51H74O23. The lowest BCUT2D eigenvalue weighted by Gasteiger charge is -2.46. The number of phenolic OH excluding ortho intramolecular Hbond substituents is 2. The zero-order valence-corrected chi connectivity index (χ0v) is 43.0. The van der Waals surface area contributed by atoms with Gasteiger partial charge in [-0.3, -0.25) is 9.59 Å². The number of rotatable bonds is 14. The van der Waals surface area contributed by atoms with Gasteiger partial charge in [0.2, 0.25) is 6.29 Å². The summed E-state index contributed by atoms with van der Waals surface area (Å²) in [5, 5.41) is 110. The number of Topliss-reactive ketones (excluding diaryl/α,β-unsaturated/α-hetero) is 2. The van der Waals surface area contributed by atoms with Gasteiger partial charge in [-0.15, -0.1) is 0 Å². The topological polar surface area (TPSA) is 338 Å². The zero-order chi connectivity index (χ0) is 54.0. The van der Waals surface area contributed by atoms with Crippen LogP contribution >= 0.6 is 0 Å². The Morgan fingerprint density at radius 3 is 1.81 bits per heavy atom. The van der Waals surface area contributed by atoms with Crippen LogP contribution in [0.5, 0.6) is 17.2 Å². The largest absolute Gasteiger partial charge is 0.507 e. The predicted octanol–water partition coefficient (Wildman–Crippen LogP) is 0.390. The third-order valence-electron chi connectivity index (χ3n) is 15.6. The first-order chi connectivity index (χ1) is 34.8. The number of aromatic hydroxyl groups is 2. The Balaban J connectivity index is 1.01. The predicted molar refractivity (Wildman–Crippen MR) is 253 cm³/mol. The van der Waals surface area contributed by atoms with Gasteiger partial charge in [-0.25, -0.2) is 0 Å². The Hall–Kier alpha value is -3.28. The Morgan fingerprint density at radius 1 is 0.703 bits per heavy atom. The van der Waals surface area contributed by atoms with Crippen LogP contribution in [0, 0.1) is 12.8 Å². The molecule has 0 saturated carbocycles. The van der Waals surface area contributed by atoms with Gasteiger partial charge >= 0.3 is 0 Å². The molecule has 2 aromatic carbocycles. The maximum absolute atomic E-state index is 14.9. The number of carbonyl (C=O) groups excluding carboxylic acids is 2. The highest BCUT2D eigenvalue weighted by Crippen LogP contribution is 2.48. The van der Waals surface area contributed by atoms with Crippen molar-refractivity contribution in [3.8, 4) is 17.2 Å². The molecule has 1 aliphatic carbocycles. The number of methoxy groups -OCH3 is 1. The van der Waals surface area contributed by atoms with Crippen molar-refractivity contribution in [3.63, 3.8) is 0 Å². The number of aliphatic hydroxyl groups excluding tert-OH is 7. The molecule has 23 heteroatoms. The van der Waals surface area contributed by atoms with Crippen LogP contribution in [-0.4, -0.2) is 211 Å². The molecule has 10 N–H and O–H groups in total. The number of aliphatic hydroxyl groups is 8. The molecular weight excluding hydrogens is 981 g/mol. The summed E-state index contributed by atoms with van der Waals surface area (Å²) >= 11 is 0. The minimum Gasteiger partial charge on any atom is -0.507 e. The molecule has 5 aliphatic heterocycles. The van der Waals surface area contributed by atoms with Crippen molar-refractivity contribution in [3.05, 3.63) is 28.8 Å². The van der Waals surface area contributed by atoms with Crippen molar-refractivity contribution in [2.45, 2.75) is 235 Å². The van der Waals surface area contributed by atoms with Crippen LogP contribution in [0.2, 0.25) is 0 Å². The summed E-state index contributed by atoms with van der Waals surface area (Å²) in [6.45, 7) is 12.2. The number of ether oxygens (including phenoxy) is 11. The fraction of sp³-hybridized carbons (Fsp3) is 0.765. The number of phenols is 2. The van der Waals surface area contributed by atoms with Crippen LogP contribution in [0.3, 0.4) is 0 Å². The fourth-order valence-corrected chi connectivity index (χ4v) is 11.3. The quantitative estimate of drug-likeness (QED) is 0.122. The van der Waals surface area contributed by atoms with Crippen LogP contribution in [0.25, 0.3) is 10.8 Å². The molecule has 5 heterocycles. The number of hydrogen-bond donors (Lipinski definition) is 10. The van der Waals surface area contributed by atoms with E-state index in [-0.39, 0.29) is 71.7 Å². The zero-order valence-electron chi connectivity index (χ0n) is 43.0. The van der Waals surface area contributed by atoms with E-state index in [1.165, 1.54) is 27.0 Å². The highest BCUT2D eigenvalue weighted by Gasteiger charge is 2.51. The lowest BCUT2D eigenvalue weighted by atomic mass is 9.75. The molecule has 5 saturated heterocycles. The second kappa shape index (κ2) is 22.6. The number of ketones is 2. The normalized spacial score (nSPS) is 42.9. The average molecular weight is 1060 g/mol. The van der Waals surface area contributed by atoms with E-state index < -0.39 is 170 Å². The number of benzene rings is 2. The molecule has 24 atom stereocenters. The summed E-state index contributed by atoms with van der Waals surface area (Å²) in [7, 11) is 1.26. The summed E-state index contributed by atoms with van der Waals surface area (Å²) in [4.78, 5) is 27.6. The summed E-state index contributed by atoms with van der Waals surface area (Å²) in [5.74, 6) is -3.41. The number of hydrogen-bond acceptors (Lipinski definition) is 23. The van der Waals surface area contributed by atoms with Gasteiger partial charge in [-0.2, -0.15) is 0 Å². The van der Waals surface area contributed by atoms with Crippen LogP contribution in [-0.2, 0) is 58.6 Å². The van der Waals surface area contributed by atoms with Crippen molar-refractivity contribution in [2.75, 3.05) is 7.11 Å². The van der Waals surface area contributed by atoms with Crippen molar-refractivity contribution < 1.29 is 113 Å². The molecule has 74 heavy (non-hydrogen) atoms. The summed E-state index contributed by atoms with van der Waals surface area (Å²) < 4.78 is 66.5. The van der Waals surface area contributed by atoms with E-state index in [2.05, 4.69) is 0 Å². The maximum Gasteiger partial charge on any atom is 0.202 e. The summed E-state index contributed by atoms with van der Waals surface area (Å²) in [6.07, 6.45) is -24.1. The molecule has 2 aromatic rings. The first-order valence-corrected chi connectivity index (χ1v) is 25.4. The molecule has 0 aromatic heterocycles. The monoisotopic (exact) mass is 1050 g/mol. The Labute approximate surface area is 428 Å². The van der Waals surface area contributed by atoms with Crippen LogP contribution in [0.4, 0.5) is 0 Å². The average Bonchev–Trinajstić information content (AvgIpc) is 3.31. The summed E-state index contributed by atoms with van der Waals surface area (Å²) in [5.41, 5.74) is -1.28. The Bertz CT molecular complexity index is 2290. The number of carbonyl (C=O) groups is 2. The van der Waals surface area contributed by atoms with Gasteiger partial charge in [0.15, 0.2) is 36.7 Å². The van der Waals surface area contributed by atoms with Gasteiger partial charge in [-0.1, -0.05) is 0 Å². The highest BCUT2D eigenvalue weighted by atomic mass is 16.7. The Morgan fingerprint density at radius 2 is 1.24 bits per heavy atom. The molecule has 416 valence electrons. The van der Waals surface area contributed by atoms with Gasteiger partial charge in [0.05, 0.1) is 77.6 Å². The third kappa shape index (κ3) is 11.5. The molecule has 6 aliphatic rings. The van der Waals surface area contributed by atoms with E-state index in [1.807, 2.05) is 0 Å². The molecule has 0 spiro atoms. The summed E-state index contributed by atoms with van der Waals surface area (Å²) in [6, 6.07) is 3.11. The van der Waals surface area contributed by atoms with Crippen LogP contribution in [0.15, 0.2) is 12.1 Å². The second-order valence-electron chi connectivity index (χ2n) is 21.2. The Kier molecular flexibility index (Phi) is 17.4. The molecule has 8 rings (SSSR count). The molecule has 2 unspecified atom stereocenters. The molecule has 0 bridgehead atoms. The SMILES string of the molecule is CO[C@@H](C1Cc2cc3cc(O[C@H]4C[C@@H](O[C@H]5C[C@@H](O)[C@H](O)[C@@H](C)O5)[C@H](O)[C@@H](C)O4)c(C)c(O)c3c(O)c2C(=O)C1O[C@H]1C[C@@H](O[C@@H]2C[C@@H](O)[C@@H](O[C@H]3C[C@](C)(O)[C@H](O)[C@@H](C)O3)[C@@H](C)O2)[C@H](O)[C@@H](C)O1)[C@@H](O)C(C)=O. The molecule has 0 radical (unpaired) electrons. The van der Waals surface area contributed by atoms with E-state index in [0.29, 0.717) is 0 Å². The van der Waals surface area contributed by atoms with Gasteiger partial charge in [0, 0.05) is 50.7 Å². The van der Waals surface area contributed by atoms with E-state index in [1.54, 1.807) is 40.7 Å². The highest BCUT2D eigenvalue weighted by molar-refractivity contribution is 6.11. The first-order valence-electron chi connectivity index (χ1n) is 25.4. The van der Waals surface area contributed by atoms with Crippen molar-refractivity contribution in [2.24, 2.45) is 5.92 Å². The van der Waals surface area contributed by atoms with E-state index in [9.17, 15) is 60.7 Å². The van der Waals surface area contributed by atoms with Crippen LogP contribution < -0.4 is 4.74 Å². The van der Waals surface area contributed by atoms with Crippen molar-refractivity contribution in [1.82, 2.24) is 0 Å². The van der Waals surface area contributed by atoms with Crippen molar-refractivity contribution >= 4 is 22.3 Å². The van der Waals surface area contributed by atoms with Gasteiger partial charge < -0.3 is 103 Å². The standard InChI is InChI=1S/C51H74O23/c1-18-30(70-35-15-31(43(58)21(4)66-35)71-33-13-28(53)42(57)20(3)65-33)12-26-10-25-11-27(48(64-9)41(56)19(2)52)49(46(61)39(25)45(60)38(26)40(18)55)73-36-16-32(44(59)22(5)67-36)72-34-14-29(54)47(23(6)68-34)74-37-17-51(8,63)50(62)24(7)69-37/h10,12,20-24,27-29,31-37,41-44,47-50,53-60,62-63H,11,13-17H2,1-9H3/t20-,21-,22-,23-,24-,27?,28-,29-,31-,32-,33+,34-,35+,36+,37+,41+,42-,43-,44-,47+,48+,49?,50-,51+/m1/s1. The third-order valence-corrected chi connectivity index (χ3v) is 15.6. The van der Waals surface area contributed by atoms with Gasteiger partial charge in [0.25, 0.3) is 0 Å². The van der Waals surface area contributed by atoms with Crippen molar-refractivity contribution in [1.29, 1.82) is 0 Å². The molecule has 0 amide bonds. The lowest BCUT2D eigenvalue weighted by molar-refractivity contribution is -0.337. The molecule has 5 fully saturated rings.